The maximum Gasteiger partial charge on any atom is 0.231 e. The van der Waals surface area contributed by atoms with Gasteiger partial charge in [0.25, 0.3) is 0 Å². The summed E-state index contributed by atoms with van der Waals surface area (Å²) in [6.07, 6.45) is 4.07. The number of rotatable bonds is 5. The Morgan fingerprint density at radius 2 is 2.59 bits per heavy atom. The first kappa shape index (κ1) is 12.1. The zero-order valence-electron chi connectivity index (χ0n) is 10.2. The molecule has 0 radical (unpaired) electrons. The van der Waals surface area contributed by atoms with Crippen LogP contribution in [0.4, 0.5) is 5.82 Å². The number of nitrogens with zero attached hydrogens (tertiary/aromatic N) is 1. The van der Waals surface area contributed by atoms with Crippen LogP contribution in [-0.2, 0) is 16.0 Å². The molecule has 1 aromatic rings. The highest BCUT2D eigenvalue weighted by Gasteiger charge is 2.23. The van der Waals surface area contributed by atoms with E-state index in [9.17, 15) is 4.79 Å². The van der Waals surface area contributed by atoms with Gasteiger partial charge in [-0.1, -0.05) is 13.3 Å². The first-order valence-corrected chi connectivity index (χ1v) is 6.22. The van der Waals surface area contributed by atoms with E-state index in [1.54, 1.807) is 0 Å². The fraction of sp³-hybridized carbons (Fsp3) is 0.667. The number of amides is 1. The summed E-state index contributed by atoms with van der Waals surface area (Å²) in [7, 11) is 0. The SMILES string of the molecule is CCCCc1cc(NC(=O)[C@@H]2CCOC2)n[nH]1. The standard InChI is InChI=1S/C12H19N3O2/c1-2-3-4-10-7-11(15-14-10)13-12(16)9-5-6-17-8-9/h7,9H,2-6,8H2,1H3,(H2,13,14,15,16)/t9-/m1/s1. The van der Waals surface area contributed by atoms with Gasteiger partial charge >= 0.3 is 0 Å². The smallest absolute Gasteiger partial charge is 0.231 e. The van der Waals surface area contributed by atoms with E-state index in [4.69, 9.17) is 4.74 Å². The van der Waals surface area contributed by atoms with Gasteiger partial charge in [-0.3, -0.25) is 9.89 Å². The van der Waals surface area contributed by atoms with Gasteiger partial charge in [0.1, 0.15) is 0 Å². The van der Waals surface area contributed by atoms with Crippen LogP contribution in [0, 0.1) is 5.92 Å². The number of aryl methyl sites for hydroxylation is 1. The highest BCUT2D eigenvalue weighted by molar-refractivity contribution is 5.91. The summed E-state index contributed by atoms with van der Waals surface area (Å²) >= 11 is 0. The molecule has 94 valence electrons. The molecular weight excluding hydrogens is 218 g/mol. The molecule has 1 amide bonds. The fourth-order valence-electron chi connectivity index (χ4n) is 1.89. The van der Waals surface area contributed by atoms with Crippen molar-refractivity contribution in [2.45, 2.75) is 32.6 Å². The molecule has 1 aromatic heterocycles. The molecule has 5 nitrogen and oxygen atoms in total. The molecule has 0 bridgehead atoms. The van der Waals surface area contributed by atoms with Gasteiger partial charge in [0.15, 0.2) is 5.82 Å². The summed E-state index contributed by atoms with van der Waals surface area (Å²) in [6.45, 7) is 3.36. The highest BCUT2D eigenvalue weighted by Crippen LogP contribution is 2.15. The molecule has 0 unspecified atom stereocenters. The van der Waals surface area contributed by atoms with E-state index < -0.39 is 0 Å². The first-order valence-electron chi connectivity index (χ1n) is 6.22. The zero-order valence-corrected chi connectivity index (χ0v) is 10.2. The summed E-state index contributed by atoms with van der Waals surface area (Å²) < 4.78 is 5.19. The van der Waals surface area contributed by atoms with Gasteiger partial charge in [0.05, 0.1) is 12.5 Å². The predicted molar refractivity (Wildman–Crippen MR) is 64.8 cm³/mol. The van der Waals surface area contributed by atoms with E-state index in [0.717, 1.165) is 31.4 Å². The van der Waals surface area contributed by atoms with Gasteiger partial charge in [-0.05, 0) is 19.3 Å². The Morgan fingerprint density at radius 1 is 1.71 bits per heavy atom. The van der Waals surface area contributed by atoms with Crippen molar-refractivity contribution in [1.29, 1.82) is 0 Å². The van der Waals surface area contributed by atoms with Crippen LogP contribution in [0.2, 0.25) is 0 Å². The van der Waals surface area contributed by atoms with E-state index in [-0.39, 0.29) is 11.8 Å². The molecule has 1 atom stereocenters. The molecular formula is C12H19N3O2. The van der Waals surface area contributed by atoms with Crippen LogP contribution in [0.15, 0.2) is 6.07 Å². The lowest BCUT2D eigenvalue weighted by atomic mass is 10.1. The minimum absolute atomic E-state index is 0.0102. The minimum atomic E-state index is -0.0224. The van der Waals surface area contributed by atoms with E-state index >= 15 is 0 Å². The predicted octanol–water partition coefficient (Wildman–Crippen LogP) is 1.73. The molecule has 0 aromatic carbocycles. The lowest BCUT2D eigenvalue weighted by Crippen LogP contribution is -2.22. The molecule has 0 saturated carbocycles. The van der Waals surface area contributed by atoms with Crippen molar-refractivity contribution in [3.05, 3.63) is 11.8 Å². The molecule has 1 saturated heterocycles. The summed E-state index contributed by atoms with van der Waals surface area (Å²) in [4.78, 5) is 11.8. The largest absolute Gasteiger partial charge is 0.381 e. The average molecular weight is 237 g/mol. The van der Waals surface area contributed by atoms with Crippen molar-refractivity contribution < 1.29 is 9.53 Å². The Balaban J connectivity index is 1.85. The number of hydrogen-bond donors (Lipinski definition) is 2. The quantitative estimate of drug-likeness (QED) is 0.819. The van der Waals surface area contributed by atoms with Crippen LogP contribution < -0.4 is 5.32 Å². The van der Waals surface area contributed by atoms with Gasteiger partial charge in [-0.25, -0.2) is 0 Å². The van der Waals surface area contributed by atoms with Crippen molar-refractivity contribution in [3.63, 3.8) is 0 Å². The number of anilines is 1. The molecule has 1 fully saturated rings. The lowest BCUT2D eigenvalue weighted by molar-refractivity contribution is -0.119. The lowest BCUT2D eigenvalue weighted by Gasteiger charge is -2.05. The molecule has 0 aliphatic carbocycles. The molecule has 1 aliphatic heterocycles. The van der Waals surface area contributed by atoms with Gasteiger partial charge in [-0.15, -0.1) is 0 Å². The topological polar surface area (TPSA) is 67.0 Å². The zero-order chi connectivity index (χ0) is 12.1. The van der Waals surface area contributed by atoms with Gasteiger partial charge in [0.2, 0.25) is 5.91 Å². The molecule has 2 rings (SSSR count). The van der Waals surface area contributed by atoms with Gasteiger partial charge in [0, 0.05) is 18.4 Å². The third-order valence-corrected chi connectivity index (χ3v) is 2.98. The molecule has 5 heteroatoms. The Bertz CT molecular complexity index is 370. The second-order valence-electron chi connectivity index (χ2n) is 4.43. The van der Waals surface area contributed by atoms with Crippen LogP contribution in [0.1, 0.15) is 31.9 Å². The van der Waals surface area contributed by atoms with E-state index in [0.29, 0.717) is 19.0 Å². The number of ether oxygens (including phenoxy) is 1. The van der Waals surface area contributed by atoms with E-state index in [1.165, 1.54) is 0 Å². The Labute approximate surface area is 101 Å². The summed E-state index contributed by atoms with van der Waals surface area (Å²) in [5.41, 5.74) is 1.07. The number of carbonyl (C=O) groups excluding carboxylic acids is 1. The van der Waals surface area contributed by atoms with E-state index in [1.807, 2.05) is 6.07 Å². The van der Waals surface area contributed by atoms with Crippen molar-refractivity contribution in [1.82, 2.24) is 10.2 Å². The molecule has 0 spiro atoms. The number of aromatic nitrogens is 2. The van der Waals surface area contributed by atoms with Gasteiger partial charge in [-0.2, -0.15) is 5.10 Å². The first-order chi connectivity index (χ1) is 8.29. The molecule has 1 aliphatic rings. The maximum atomic E-state index is 11.8. The monoisotopic (exact) mass is 237 g/mol. The Morgan fingerprint density at radius 3 is 3.29 bits per heavy atom. The average Bonchev–Trinajstić information content (AvgIpc) is 2.97. The Hall–Kier alpha value is -1.36. The van der Waals surface area contributed by atoms with Crippen LogP contribution in [0.3, 0.4) is 0 Å². The number of H-pyrrole nitrogens is 1. The molecule has 2 N–H and O–H groups in total. The number of nitrogens with one attached hydrogen (secondary N) is 2. The number of carbonyl (C=O) groups is 1. The highest BCUT2D eigenvalue weighted by atomic mass is 16.5. The van der Waals surface area contributed by atoms with Gasteiger partial charge < -0.3 is 10.1 Å². The minimum Gasteiger partial charge on any atom is -0.381 e. The van der Waals surface area contributed by atoms with Crippen molar-refractivity contribution in [2.24, 2.45) is 5.92 Å². The summed E-state index contributed by atoms with van der Waals surface area (Å²) in [6, 6.07) is 1.91. The van der Waals surface area contributed by atoms with Crippen LogP contribution >= 0.6 is 0 Å². The Kier molecular flexibility index (Phi) is 4.14. The summed E-state index contributed by atoms with van der Waals surface area (Å²) in [5.74, 6) is 0.606. The van der Waals surface area contributed by atoms with E-state index in [2.05, 4.69) is 22.4 Å². The number of unbranched alkanes of at least 4 members (excludes halogenated alkanes) is 1. The van der Waals surface area contributed by atoms with Crippen LogP contribution in [0.25, 0.3) is 0 Å². The van der Waals surface area contributed by atoms with Crippen molar-refractivity contribution >= 4 is 11.7 Å². The maximum absolute atomic E-state index is 11.8. The van der Waals surface area contributed by atoms with Crippen LogP contribution in [0.5, 0.6) is 0 Å². The summed E-state index contributed by atoms with van der Waals surface area (Å²) in [5, 5.41) is 9.84. The second kappa shape index (κ2) is 5.82. The van der Waals surface area contributed by atoms with Crippen LogP contribution in [-0.4, -0.2) is 29.3 Å². The normalized spacial score (nSPS) is 19.5. The third-order valence-electron chi connectivity index (χ3n) is 2.98. The van der Waals surface area contributed by atoms with Crippen molar-refractivity contribution in [2.75, 3.05) is 18.5 Å². The fourth-order valence-corrected chi connectivity index (χ4v) is 1.89. The third kappa shape index (κ3) is 3.30. The number of aromatic amines is 1. The second-order valence-corrected chi connectivity index (χ2v) is 4.43. The van der Waals surface area contributed by atoms with Crippen molar-refractivity contribution in [3.8, 4) is 0 Å². The molecule has 17 heavy (non-hydrogen) atoms. The number of hydrogen-bond acceptors (Lipinski definition) is 3. The molecule has 2 heterocycles.